The summed E-state index contributed by atoms with van der Waals surface area (Å²) < 4.78 is 0. The number of hydrogen-bond acceptors (Lipinski definition) is 3. The molecule has 2 saturated carbocycles. The summed E-state index contributed by atoms with van der Waals surface area (Å²) in [6.45, 7) is 3.22. The zero-order chi connectivity index (χ0) is 14.2. The van der Waals surface area contributed by atoms with Crippen molar-refractivity contribution in [1.29, 1.82) is 0 Å². The van der Waals surface area contributed by atoms with E-state index in [2.05, 4.69) is 4.90 Å². The Morgan fingerprint density at radius 2 is 1.55 bits per heavy atom. The molecule has 1 aliphatic heterocycles. The lowest BCUT2D eigenvalue weighted by atomic mass is 9.67. The fraction of sp³-hybridized carbons (Fsp3) is 0.867. The summed E-state index contributed by atoms with van der Waals surface area (Å²) in [5.41, 5.74) is -1.09. The van der Waals surface area contributed by atoms with Gasteiger partial charge in [0.25, 0.3) is 0 Å². The highest BCUT2D eigenvalue weighted by Crippen LogP contribution is 2.43. The zero-order valence-electron chi connectivity index (χ0n) is 12.0. The SMILES string of the molecule is O=C(O)C1(C(=O)N2CCN(C3CCCC3)CC2)CCC1. The van der Waals surface area contributed by atoms with Crippen molar-refractivity contribution in [2.45, 2.75) is 51.0 Å². The summed E-state index contributed by atoms with van der Waals surface area (Å²) in [6.07, 6.45) is 7.12. The highest BCUT2D eigenvalue weighted by Gasteiger charge is 2.53. The second-order valence-corrected chi connectivity index (χ2v) is 6.51. The molecule has 0 spiro atoms. The summed E-state index contributed by atoms with van der Waals surface area (Å²) in [5, 5.41) is 9.35. The topological polar surface area (TPSA) is 60.9 Å². The van der Waals surface area contributed by atoms with Crippen LogP contribution in [0.15, 0.2) is 0 Å². The number of piperazine rings is 1. The van der Waals surface area contributed by atoms with Gasteiger partial charge in [-0.3, -0.25) is 14.5 Å². The maximum Gasteiger partial charge on any atom is 0.319 e. The number of carboxylic acids is 1. The Morgan fingerprint density at radius 3 is 2.00 bits per heavy atom. The van der Waals surface area contributed by atoms with Crippen molar-refractivity contribution in [3.63, 3.8) is 0 Å². The van der Waals surface area contributed by atoms with Crippen molar-refractivity contribution in [2.75, 3.05) is 26.2 Å². The van der Waals surface area contributed by atoms with Crippen LogP contribution in [-0.4, -0.2) is 59.0 Å². The number of nitrogens with zero attached hydrogens (tertiary/aromatic N) is 2. The standard InChI is InChI=1S/C15H24N2O3/c18-13(15(14(19)20)6-3-7-15)17-10-8-16(9-11-17)12-4-1-2-5-12/h12H,1-11H2,(H,19,20). The minimum Gasteiger partial charge on any atom is -0.480 e. The van der Waals surface area contributed by atoms with Crippen molar-refractivity contribution in [3.8, 4) is 0 Å². The van der Waals surface area contributed by atoms with Crippen LogP contribution in [0.4, 0.5) is 0 Å². The van der Waals surface area contributed by atoms with Gasteiger partial charge in [-0.1, -0.05) is 19.3 Å². The van der Waals surface area contributed by atoms with E-state index < -0.39 is 11.4 Å². The first-order valence-corrected chi connectivity index (χ1v) is 7.90. The average Bonchev–Trinajstić information content (AvgIpc) is 2.91. The summed E-state index contributed by atoms with van der Waals surface area (Å²) >= 11 is 0. The Kier molecular flexibility index (Phi) is 3.71. The molecule has 3 rings (SSSR count). The maximum atomic E-state index is 12.5. The van der Waals surface area contributed by atoms with Crippen LogP contribution in [0.2, 0.25) is 0 Å². The number of amides is 1. The van der Waals surface area contributed by atoms with E-state index in [9.17, 15) is 14.7 Å². The molecule has 5 nitrogen and oxygen atoms in total. The molecule has 20 heavy (non-hydrogen) atoms. The van der Waals surface area contributed by atoms with Gasteiger partial charge < -0.3 is 10.0 Å². The Balaban J connectivity index is 1.57. The first-order chi connectivity index (χ1) is 9.63. The zero-order valence-corrected chi connectivity index (χ0v) is 12.0. The third-order valence-electron chi connectivity index (χ3n) is 5.47. The maximum absolute atomic E-state index is 12.5. The van der Waals surface area contributed by atoms with Crippen molar-refractivity contribution in [1.82, 2.24) is 9.80 Å². The van der Waals surface area contributed by atoms with E-state index in [-0.39, 0.29) is 5.91 Å². The molecule has 0 aromatic rings. The fourth-order valence-electron chi connectivity index (χ4n) is 3.91. The molecule has 112 valence electrons. The predicted molar refractivity (Wildman–Crippen MR) is 74.3 cm³/mol. The number of aliphatic carboxylic acids is 1. The Morgan fingerprint density at radius 1 is 0.950 bits per heavy atom. The van der Waals surface area contributed by atoms with Crippen molar-refractivity contribution >= 4 is 11.9 Å². The predicted octanol–water partition coefficient (Wildman–Crippen LogP) is 1.33. The minimum absolute atomic E-state index is 0.137. The van der Waals surface area contributed by atoms with Crippen molar-refractivity contribution in [3.05, 3.63) is 0 Å². The number of carbonyl (C=O) groups excluding carboxylic acids is 1. The largest absolute Gasteiger partial charge is 0.480 e. The Hall–Kier alpha value is -1.10. The summed E-state index contributed by atoms with van der Waals surface area (Å²) in [7, 11) is 0. The van der Waals surface area contributed by atoms with Gasteiger partial charge in [0.15, 0.2) is 0 Å². The summed E-state index contributed by atoms with van der Waals surface area (Å²) in [6, 6.07) is 0.699. The third kappa shape index (κ3) is 2.22. The van der Waals surface area contributed by atoms with Gasteiger partial charge in [0, 0.05) is 32.2 Å². The molecule has 5 heteroatoms. The van der Waals surface area contributed by atoms with Crippen LogP contribution in [0, 0.1) is 5.41 Å². The smallest absolute Gasteiger partial charge is 0.319 e. The first kappa shape index (κ1) is 13.9. The van der Waals surface area contributed by atoms with Gasteiger partial charge in [0.05, 0.1) is 0 Å². The van der Waals surface area contributed by atoms with E-state index in [4.69, 9.17) is 0 Å². The van der Waals surface area contributed by atoms with E-state index >= 15 is 0 Å². The molecule has 1 amide bonds. The molecule has 0 aromatic heterocycles. The molecule has 1 heterocycles. The number of carboxylic acid groups (broad SMARTS) is 1. The van der Waals surface area contributed by atoms with Gasteiger partial charge in [0.1, 0.15) is 5.41 Å². The molecule has 0 bridgehead atoms. The van der Waals surface area contributed by atoms with Crippen LogP contribution < -0.4 is 0 Å². The van der Waals surface area contributed by atoms with Crippen LogP contribution in [-0.2, 0) is 9.59 Å². The van der Waals surface area contributed by atoms with E-state index in [0.29, 0.717) is 32.0 Å². The lowest BCUT2D eigenvalue weighted by molar-refractivity contribution is -0.168. The monoisotopic (exact) mass is 280 g/mol. The molecule has 0 radical (unpaired) electrons. The van der Waals surface area contributed by atoms with Crippen molar-refractivity contribution in [2.24, 2.45) is 5.41 Å². The molecule has 3 aliphatic rings. The molecule has 3 fully saturated rings. The average molecular weight is 280 g/mol. The van der Waals surface area contributed by atoms with Gasteiger partial charge >= 0.3 is 5.97 Å². The summed E-state index contributed by atoms with van der Waals surface area (Å²) in [5.74, 6) is -1.06. The number of hydrogen-bond donors (Lipinski definition) is 1. The molecular formula is C15H24N2O3. The second-order valence-electron chi connectivity index (χ2n) is 6.51. The van der Waals surface area contributed by atoms with E-state index in [1.165, 1.54) is 25.7 Å². The lowest BCUT2D eigenvalue weighted by Crippen LogP contribution is -2.58. The quantitative estimate of drug-likeness (QED) is 0.792. The number of rotatable bonds is 3. The van der Waals surface area contributed by atoms with Crippen LogP contribution >= 0.6 is 0 Å². The molecule has 0 aromatic carbocycles. The Labute approximate surface area is 119 Å². The van der Waals surface area contributed by atoms with Gasteiger partial charge in [-0.15, -0.1) is 0 Å². The molecule has 1 saturated heterocycles. The molecule has 0 unspecified atom stereocenters. The molecule has 0 atom stereocenters. The van der Waals surface area contributed by atoms with Crippen LogP contribution in [0.3, 0.4) is 0 Å². The van der Waals surface area contributed by atoms with Gasteiger partial charge in [0.2, 0.25) is 5.91 Å². The van der Waals surface area contributed by atoms with Crippen LogP contribution in [0.1, 0.15) is 44.9 Å². The fourth-order valence-corrected chi connectivity index (χ4v) is 3.91. The second kappa shape index (κ2) is 5.35. The van der Waals surface area contributed by atoms with Gasteiger partial charge in [-0.25, -0.2) is 0 Å². The first-order valence-electron chi connectivity index (χ1n) is 7.90. The van der Waals surface area contributed by atoms with Crippen LogP contribution in [0.5, 0.6) is 0 Å². The molecular weight excluding hydrogens is 256 g/mol. The van der Waals surface area contributed by atoms with Crippen LogP contribution in [0.25, 0.3) is 0 Å². The number of carbonyl (C=O) groups is 2. The highest BCUT2D eigenvalue weighted by molar-refractivity contribution is 6.02. The van der Waals surface area contributed by atoms with E-state index in [0.717, 1.165) is 19.5 Å². The Bertz CT molecular complexity index is 392. The normalized spacial score (nSPS) is 27.3. The minimum atomic E-state index is -1.09. The highest BCUT2D eigenvalue weighted by atomic mass is 16.4. The van der Waals surface area contributed by atoms with E-state index in [1.54, 1.807) is 4.90 Å². The molecule has 1 N–H and O–H groups in total. The van der Waals surface area contributed by atoms with Gasteiger partial charge in [-0.2, -0.15) is 0 Å². The van der Waals surface area contributed by atoms with Crippen molar-refractivity contribution < 1.29 is 14.7 Å². The third-order valence-corrected chi connectivity index (χ3v) is 5.47. The lowest BCUT2D eigenvalue weighted by Gasteiger charge is -2.44. The molecule has 2 aliphatic carbocycles. The van der Waals surface area contributed by atoms with Gasteiger partial charge in [-0.05, 0) is 25.7 Å². The summed E-state index contributed by atoms with van der Waals surface area (Å²) in [4.78, 5) is 28.2. The van der Waals surface area contributed by atoms with E-state index in [1.807, 2.05) is 0 Å².